The number of benzene rings is 1. The van der Waals surface area contributed by atoms with Gasteiger partial charge in [-0.05, 0) is 37.6 Å². The van der Waals surface area contributed by atoms with E-state index in [1.165, 1.54) is 0 Å². The zero-order chi connectivity index (χ0) is 12.8. The number of carbonyl (C=O) groups is 1. The van der Waals surface area contributed by atoms with Gasteiger partial charge in [0.15, 0.2) is 0 Å². The van der Waals surface area contributed by atoms with E-state index in [0.29, 0.717) is 6.04 Å². The molecule has 1 amide bonds. The fourth-order valence-electron chi connectivity index (χ4n) is 1.32. The number of rotatable bonds is 5. The first-order chi connectivity index (χ1) is 8.02. The molecule has 1 rings (SSSR count). The van der Waals surface area contributed by atoms with Crippen molar-refractivity contribution >= 4 is 17.3 Å². The number of nitrogens with one attached hydrogen (secondary N) is 2. The summed E-state index contributed by atoms with van der Waals surface area (Å²) in [5.74, 6) is 0.0561. The van der Waals surface area contributed by atoms with Crippen molar-refractivity contribution in [3.05, 3.63) is 24.3 Å². The van der Waals surface area contributed by atoms with Gasteiger partial charge in [-0.25, -0.2) is 0 Å². The van der Waals surface area contributed by atoms with E-state index in [2.05, 4.69) is 24.5 Å². The lowest BCUT2D eigenvalue weighted by molar-refractivity contribution is -0.118. The molecule has 2 N–H and O–H groups in total. The van der Waals surface area contributed by atoms with E-state index >= 15 is 0 Å². The van der Waals surface area contributed by atoms with E-state index < -0.39 is 0 Å². The molecule has 1 atom stereocenters. The van der Waals surface area contributed by atoms with Gasteiger partial charge in [0.05, 0.1) is 0 Å². The third-order valence-corrected chi connectivity index (χ3v) is 2.70. The molecule has 0 bridgehead atoms. The summed E-state index contributed by atoms with van der Waals surface area (Å²) in [6.45, 7) is 8.06. The Labute approximate surface area is 107 Å². The Morgan fingerprint density at radius 3 is 2.18 bits per heavy atom. The minimum absolute atomic E-state index is 0. The van der Waals surface area contributed by atoms with Crippen molar-refractivity contribution in [1.82, 2.24) is 0 Å². The zero-order valence-corrected chi connectivity index (χ0v) is 11.1. The van der Waals surface area contributed by atoms with Gasteiger partial charge in [-0.1, -0.05) is 20.8 Å². The fraction of sp³-hybridized carbons (Fsp3) is 0.500. The molecule has 3 nitrogen and oxygen atoms in total. The van der Waals surface area contributed by atoms with Gasteiger partial charge in [-0.2, -0.15) is 0 Å². The summed E-state index contributed by atoms with van der Waals surface area (Å²) in [7, 11) is 0. The third-order valence-electron chi connectivity index (χ3n) is 2.70. The van der Waals surface area contributed by atoms with E-state index in [1.54, 1.807) is 0 Å². The van der Waals surface area contributed by atoms with Crippen LogP contribution in [0.5, 0.6) is 0 Å². The standard InChI is InChI=1S/C14H22N2O.2H2/c1-5-11(4)15-12-6-8-13(9-7-12)16-14(17)10(2)3;;/h6-11,15H,5H2,1-4H3,(H,16,17);2*1H. The summed E-state index contributed by atoms with van der Waals surface area (Å²) in [6, 6.07) is 8.28. The van der Waals surface area contributed by atoms with Crippen LogP contribution in [0.1, 0.15) is 37.0 Å². The van der Waals surface area contributed by atoms with Gasteiger partial charge in [0, 0.05) is 26.2 Å². The lowest BCUT2D eigenvalue weighted by atomic mass is 10.2. The predicted octanol–water partition coefficient (Wildman–Crippen LogP) is 3.98. The molecule has 0 saturated heterocycles. The Balaban J connectivity index is 0. The van der Waals surface area contributed by atoms with Crippen molar-refractivity contribution in [2.45, 2.75) is 40.2 Å². The first kappa shape index (κ1) is 13.6. The van der Waals surface area contributed by atoms with Crippen molar-refractivity contribution in [3.8, 4) is 0 Å². The summed E-state index contributed by atoms with van der Waals surface area (Å²) in [4.78, 5) is 11.5. The number of anilines is 2. The number of hydrogen-bond donors (Lipinski definition) is 2. The predicted molar refractivity (Wildman–Crippen MR) is 77.5 cm³/mol. The van der Waals surface area contributed by atoms with Crippen LogP contribution in [0.15, 0.2) is 24.3 Å². The van der Waals surface area contributed by atoms with Crippen LogP contribution >= 0.6 is 0 Å². The van der Waals surface area contributed by atoms with Gasteiger partial charge in [-0.3, -0.25) is 4.79 Å². The summed E-state index contributed by atoms with van der Waals surface area (Å²) in [6.07, 6.45) is 1.09. The van der Waals surface area contributed by atoms with Gasteiger partial charge in [0.2, 0.25) is 5.91 Å². The van der Waals surface area contributed by atoms with E-state index in [9.17, 15) is 4.79 Å². The minimum Gasteiger partial charge on any atom is -0.383 e. The topological polar surface area (TPSA) is 41.1 Å². The normalized spacial score (nSPS) is 12.3. The molecule has 0 aliphatic rings. The molecule has 0 aliphatic heterocycles. The summed E-state index contributed by atoms with van der Waals surface area (Å²) in [5.41, 5.74) is 1.93. The molecule has 0 aromatic heterocycles. The number of carbonyl (C=O) groups excluding carboxylic acids is 1. The maximum atomic E-state index is 11.5. The lowest BCUT2D eigenvalue weighted by Crippen LogP contribution is -2.17. The zero-order valence-electron chi connectivity index (χ0n) is 11.1. The molecule has 0 heterocycles. The molecular weight excluding hydrogens is 212 g/mol. The van der Waals surface area contributed by atoms with Gasteiger partial charge in [0.25, 0.3) is 0 Å². The van der Waals surface area contributed by atoms with Crippen LogP contribution in [-0.4, -0.2) is 11.9 Å². The average Bonchev–Trinajstić information content (AvgIpc) is 2.31. The highest BCUT2D eigenvalue weighted by molar-refractivity contribution is 5.92. The second kappa shape index (κ2) is 6.28. The highest BCUT2D eigenvalue weighted by atomic mass is 16.1. The van der Waals surface area contributed by atoms with Crippen molar-refractivity contribution < 1.29 is 7.65 Å². The number of hydrogen-bond acceptors (Lipinski definition) is 2. The Morgan fingerprint density at radius 2 is 1.71 bits per heavy atom. The molecule has 1 aromatic rings. The molecule has 17 heavy (non-hydrogen) atoms. The molecule has 0 saturated carbocycles. The van der Waals surface area contributed by atoms with Crippen LogP contribution in [0.4, 0.5) is 11.4 Å². The molecule has 0 fully saturated rings. The molecule has 3 heteroatoms. The minimum atomic E-state index is 0. The SMILES string of the molecule is CCC(C)Nc1ccc(NC(=O)C(C)C)cc1.[HH].[HH]. The van der Waals surface area contributed by atoms with Gasteiger partial charge in [0.1, 0.15) is 0 Å². The van der Waals surface area contributed by atoms with Crippen LogP contribution in [0.25, 0.3) is 0 Å². The second-order valence-corrected chi connectivity index (χ2v) is 4.67. The molecule has 0 spiro atoms. The van der Waals surface area contributed by atoms with Gasteiger partial charge < -0.3 is 10.6 Å². The monoisotopic (exact) mass is 238 g/mol. The molecule has 1 aromatic carbocycles. The van der Waals surface area contributed by atoms with Crippen LogP contribution in [0.3, 0.4) is 0 Å². The van der Waals surface area contributed by atoms with Crippen molar-refractivity contribution in [1.29, 1.82) is 0 Å². The summed E-state index contributed by atoms with van der Waals surface area (Å²) < 4.78 is 0. The van der Waals surface area contributed by atoms with E-state index in [-0.39, 0.29) is 14.7 Å². The Hall–Kier alpha value is -1.51. The first-order valence-electron chi connectivity index (χ1n) is 6.20. The molecule has 0 aliphatic carbocycles. The maximum absolute atomic E-state index is 11.5. The number of amides is 1. The van der Waals surface area contributed by atoms with E-state index in [1.807, 2.05) is 38.1 Å². The quantitative estimate of drug-likeness (QED) is 0.814. The summed E-state index contributed by atoms with van der Waals surface area (Å²) >= 11 is 0. The maximum Gasteiger partial charge on any atom is 0.226 e. The highest BCUT2D eigenvalue weighted by Gasteiger charge is 2.06. The third kappa shape index (κ3) is 4.47. The van der Waals surface area contributed by atoms with Crippen molar-refractivity contribution in [3.63, 3.8) is 0 Å². The second-order valence-electron chi connectivity index (χ2n) is 4.67. The Morgan fingerprint density at radius 1 is 1.18 bits per heavy atom. The van der Waals surface area contributed by atoms with Gasteiger partial charge in [-0.15, -0.1) is 0 Å². The molecule has 98 valence electrons. The smallest absolute Gasteiger partial charge is 0.226 e. The highest BCUT2D eigenvalue weighted by Crippen LogP contribution is 2.15. The average molecular weight is 238 g/mol. The van der Waals surface area contributed by atoms with Crippen LogP contribution in [-0.2, 0) is 4.79 Å². The molecular formula is C14H26N2O. The van der Waals surface area contributed by atoms with Crippen molar-refractivity contribution in [2.24, 2.45) is 5.92 Å². The molecule has 1 unspecified atom stereocenters. The fourth-order valence-corrected chi connectivity index (χ4v) is 1.32. The largest absolute Gasteiger partial charge is 0.383 e. The first-order valence-corrected chi connectivity index (χ1v) is 6.20. The molecule has 0 radical (unpaired) electrons. The van der Waals surface area contributed by atoms with Crippen LogP contribution < -0.4 is 10.6 Å². The van der Waals surface area contributed by atoms with Crippen LogP contribution in [0.2, 0.25) is 0 Å². The van der Waals surface area contributed by atoms with Gasteiger partial charge >= 0.3 is 0 Å². The van der Waals surface area contributed by atoms with Crippen molar-refractivity contribution in [2.75, 3.05) is 10.6 Å². The van der Waals surface area contributed by atoms with E-state index in [4.69, 9.17) is 0 Å². The van der Waals surface area contributed by atoms with E-state index in [0.717, 1.165) is 17.8 Å². The summed E-state index contributed by atoms with van der Waals surface area (Å²) in [5, 5.41) is 6.25. The lowest BCUT2D eigenvalue weighted by Gasteiger charge is -2.13. The van der Waals surface area contributed by atoms with Crippen LogP contribution in [0, 0.1) is 5.92 Å². The Kier molecular flexibility index (Phi) is 5.01. The Bertz CT molecular complexity index is 366.